The molecule has 0 N–H and O–H groups in total. The predicted molar refractivity (Wildman–Crippen MR) is 83.9 cm³/mol. The summed E-state index contributed by atoms with van der Waals surface area (Å²) in [6, 6.07) is 0. The monoisotopic (exact) mass is 249 g/mol. The zero-order valence-electron chi connectivity index (χ0n) is 13.0. The van der Waals surface area contributed by atoms with Crippen molar-refractivity contribution in [2.45, 2.75) is 47.5 Å². The van der Waals surface area contributed by atoms with Crippen molar-refractivity contribution in [2.75, 3.05) is 19.6 Å². The third kappa shape index (κ3) is 10.3. The van der Waals surface area contributed by atoms with E-state index < -0.39 is 0 Å². The molecule has 0 aromatic heterocycles. The second kappa shape index (κ2) is 10.1. The van der Waals surface area contributed by atoms with Gasteiger partial charge in [-0.05, 0) is 39.5 Å². The number of hydrogen-bond acceptors (Lipinski definition) is 1. The third-order valence-electron chi connectivity index (χ3n) is 2.80. The van der Waals surface area contributed by atoms with Crippen LogP contribution in [0.1, 0.15) is 47.5 Å². The van der Waals surface area contributed by atoms with Gasteiger partial charge in [0.2, 0.25) is 0 Å². The standard InChI is InChI=1S/C17H31N/c1-7-12-18(14-16(4)5)13-11-17(6)10-8-9-15(2)3/h7,9,11,16H,1,8,10,12-14H2,2-6H3/b17-11+. The summed E-state index contributed by atoms with van der Waals surface area (Å²) in [5, 5.41) is 0. The van der Waals surface area contributed by atoms with Gasteiger partial charge in [-0.2, -0.15) is 0 Å². The molecule has 0 aromatic carbocycles. The molecule has 0 saturated heterocycles. The van der Waals surface area contributed by atoms with Crippen molar-refractivity contribution in [3.8, 4) is 0 Å². The van der Waals surface area contributed by atoms with E-state index in [1.165, 1.54) is 17.6 Å². The van der Waals surface area contributed by atoms with Crippen molar-refractivity contribution in [2.24, 2.45) is 5.92 Å². The van der Waals surface area contributed by atoms with Crippen LogP contribution in [0.4, 0.5) is 0 Å². The average Bonchev–Trinajstić information content (AvgIpc) is 2.25. The maximum absolute atomic E-state index is 3.83. The Morgan fingerprint density at radius 2 is 1.78 bits per heavy atom. The minimum Gasteiger partial charge on any atom is -0.296 e. The summed E-state index contributed by atoms with van der Waals surface area (Å²) in [7, 11) is 0. The predicted octanol–water partition coefficient (Wildman–Crippen LogP) is 4.82. The molecule has 0 radical (unpaired) electrons. The number of allylic oxidation sites excluding steroid dienone is 3. The first kappa shape index (κ1) is 17.2. The highest BCUT2D eigenvalue weighted by molar-refractivity contribution is 5.03. The molecule has 0 amide bonds. The van der Waals surface area contributed by atoms with Gasteiger partial charge in [-0.25, -0.2) is 0 Å². The van der Waals surface area contributed by atoms with Crippen LogP contribution >= 0.6 is 0 Å². The zero-order chi connectivity index (χ0) is 14.0. The lowest BCUT2D eigenvalue weighted by atomic mass is 10.1. The van der Waals surface area contributed by atoms with Gasteiger partial charge < -0.3 is 0 Å². The summed E-state index contributed by atoms with van der Waals surface area (Å²) in [4.78, 5) is 2.45. The molecule has 0 aliphatic carbocycles. The Morgan fingerprint density at radius 3 is 2.28 bits per heavy atom. The maximum Gasteiger partial charge on any atom is 0.0169 e. The molecule has 0 bridgehead atoms. The summed E-state index contributed by atoms with van der Waals surface area (Å²) in [5.41, 5.74) is 2.90. The van der Waals surface area contributed by atoms with Gasteiger partial charge in [0.25, 0.3) is 0 Å². The van der Waals surface area contributed by atoms with E-state index in [1.54, 1.807) is 0 Å². The van der Waals surface area contributed by atoms with E-state index >= 15 is 0 Å². The summed E-state index contributed by atoms with van der Waals surface area (Å²) in [5.74, 6) is 0.712. The van der Waals surface area contributed by atoms with E-state index in [0.717, 1.165) is 26.1 Å². The molecule has 0 atom stereocenters. The lowest BCUT2D eigenvalue weighted by Crippen LogP contribution is -2.28. The zero-order valence-corrected chi connectivity index (χ0v) is 13.0. The average molecular weight is 249 g/mol. The molecule has 1 heteroatoms. The molecule has 104 valence electrons. The first-order chi connectivity index (χ1) is 8.45. The van der Waals surface area contributed by atoms with E-state index in [9.17, 15) is 0 Å². The SMILES string of the molecule is C=CCN(C/C=C(\C)CCC=C(C)C)CC(C)C. The molecule has 0 aliphatic heterocycles. The van der Waals surface area contributed by atoms with E-state index in [-0.39, 0.29) is 0 Å². The highest BCUT2D eigenvalue weighted by Crippen LogP contribution is 2.07. The van der Waals surface area contributed by atoms with E-state index in [4.69, 9.17) is 0 Å². The van der Waals surface area contributed by atoms with Gasteiger partial charge in [0.05, 0.1) is 0 Å². The van der Waals surface area contributed by atoms with Crippen molar-refractivity contribution in [3.63, 3.8) is 0 Å². The third-order valence-corrected chi connectivity index (χ3v) is 2.80. The molecule has 0 aliphatic rings. The van der Waals surface area contributed by atoms with E-state index in [2.05, 4.69) is 58.2 Å². The van der Waals surface area contributed by atoms with Gasteiger partial charge in [-0.15, -0.1) is 6.58 Å². The molecule has 0 heterocycles. The van der Waals surface area contributed by atoms with E-state index in [0.29, 0.717) is 5.92 Å². The minimum absolute atomic E-state index is 0.712. The summed E-state index contributed by atoms with van der Waals surface area (Å²) >= 11 is 0. The number of nitrogens with zero attached hydrogens (tertiary/aromatic N) is 1. The number of rotatable bonds is 9. The molecule has 0 fully saturated rings. The van der Waals surface area contributed by atoms with Gasteiger partial charge in [-0.3, -0.25) is 4.90 Å². The molecule has 0 spiro atoms. The fourth-order valence-electron chi connectivity index (χ4n) is 1.90. The summed E-state index contributed by atoms with van der Waals surface area (Å²) < 4.78 is 0. The Balaban J connectivity index is 4.12. The molecule has 0 rings (SSSR count). The lowest BCUT2D eigenvalue weighted by molar-refractivity contribution is 0.294. The first-order valence-electron chi connectivity index (χ1n) is 7.08. The molecular formula is C17H31N. The Morgan fingerprint density at radius 1 is 1.11 bits per heavy atom. The molecular weight excluding hydrogens is 218 g/mol. The Labute approximate surface area is 114 Å². The second-order valence-electron chi connectivity index (χ2n) is 5.77. The van der Waals surface area contributed by atoms with Crippen molar-refractivity contribution in [1.29, 1.82) is 0 Å². The molecule has 0 saturated carbocycles. The van der Waals surface area contributed by atoms with Gasteiger partial charge in [0, 0.05) is 19.6 Å². The minimum atomic E-state index is 0.712. The van der Waals surface area contributed by atoms with Crippen LogP contribution < -0.4 is 0 Å². The van der Waals surface area contributed by atoms with Crippen LogP contribution in [0.15, 0.2) is 36.0 Å². The Hall–Kier alpha value is -0.820. The number of hydrogen-bond donors (Lipinski definition) is 0. The van der Waals surface area contributed by atoms with Gasteiger partial charge >= 0.3 is 0 Å². The first-order valence-corrected chi connectivity index (χ1v) is 7.08. The Kier molecular flexibility index (Phi) is 9.67. The van der Waals surface area contributed by atoms with Gasteiger partial charge in [0.15, 0.2) is 0 Å². The van der Waals surface area contributed by atoms with Crippen LogP contribution in [-0.2, 0) is 0 Å². The quantitative estimate of drug-likeness (QED) is 0.529. The van der Waals surface area contributed by atoms with Crippen LogP contribution in [0.5, 0.6) is 0 Å². The van der Waals surface area contributed by atoms with Crippen molar-refractivity contribution in [3.05, 3.63) is 36.0 Å². The van der Waals surface area contributed by atoms with Crippen LogP contribution in [-0.4, -0.2) is 24.5 Å². The largest absolute Gasteiger partial charge is 0.296 e. The van der Waals surface area contributed by atoms with Crippen LogP contribution in [0.2, 0.25) is 0 Å². The lowest BCUT2D eigenvalue weighted by Gasteiger charge is -2.21. The summed E-state index contributed by atoms with van der Waals surface area (Å²) in [6.45, 7) is 18.1. The van der Waals surface area contributed by atoms with Gasteiger partial charge in [-0.1, -0.05) is 43.2 Å². The summed E-state index contributed by atoms with van der Waals surface area (Å²) in [6.07, 6.45) is 9.01. The van der Waals surface area contributed by atoms with Gasteiger partial charge in [0.1, 0.15) is 0 Å². The molecule has 0 unspecified atom stereocenters. The highest BCUT2D eigenvalue weighted by Gasteiger charge is 2.03. The maximum atomic E-state index is 3.83. The Bertz CT molecular complexity index is 280. The van der Waals surface area contributed by atoms with Crippen LogP contribution in [0.3, 0.4) is 0 Å². The van der Waals surface area contributed by atoms with Crippen LogP contribution in [0, 0.1) is 5.92 Å². The van der Waals surface area contributed by atoms with Crippen molar-refractivity contribution in [1.82, 2.24) is 4.90 Å². The normalized spacial score (nSPS) is 12.1. The van der Waals surface area contributed by atoms with E-state index in [1.807, 2.05) is 6.08 Å². The topological polar surface area (TPSA) is 3.24 Å². The fraction of sp³-hybridized carbons (Fsp3) is 0.647. The van der Waals surface area contributed by atoms with Crippen molar-refractivity contribution < 1.29 is 0 Å². The second-order valence-corrected chi connectivity index (χ2v) is 5.77. The fourth-order valence-corrected chi connectivity index (χ4v) is 1.90. The molecule has 18 heavy (non-hydrogen) atoms. The smallest absolute Gasteiger partial charge is 0.0169 e. The highest BCUT2D eigenvalue weighted by atomic mass is 15.1. The molecule has 0 aromatic rings. The van der Waals surface area contributed by atoms with Crippen molar-refractivity contribution >= 4 is 0 Å². The molecule has 1 nitrogen and oxygen atoms in total. The van der Waals surface area contributed by atoms with Crippen LogP contribution in [0.25, 0.3) is 0 Å².